The summed E-state index contributed by atoms with van der Waals surface area (Å²) in [5.41, 5.74) is 4.33. The van der Waals surface area contributed by atoms with Crippen molar-refractivity contribution in [1.29, 1.82) is 0 Å². The van der Waals surface area contributed by atoms with Crippen molar-refractivity contribution in [2.24, 2.45) is 0 Å². The molecule has 2 heterocycles. The van der Waals surface area contributed by atoms with Gasteiger partial charge in [0.1, 0.15) is 12.0 Å². The molecule has 2 aliphatic heterocycles. The van der Waals surface area contributed by atoms with Gasteiger partial charge in [0.25, 0.3) is 0 Å². The lowest BCUT2D eigenvalue weighted by molar-refractivity contribution is -0.312. The Bertz CT molecular complexity index is 984. The second kappa shape index (κ2) is 4.74. The Morgan fingerprint density at radius 2 is 1.54 bits per heavy atom. The van der Waals surface area contributed by atoms with Gasteiger partial charge in [-0.2, -0.15) is 0 Å². The van der Waals surface area contributed by atoms with Crippen molar-refractivity contribution in [3.63, 3.8) is 0 Å². The summed E-state index contributed by atoms with van der Waals surface area (Å²) < 4.78 is 15.1. The number of benzene rings is 3. The SMILES string of the molecule is Cc1ccc2c(c1)[N+]1=Cc3ccccc3O[B-]1(c1ccccc1)O2. The third-order valence-corrected chi connectivity index (χ3v) is 4.75. The van der Waals surface area contributed by atoms with Crippen LogP contribution in [0.2, 0.25) is 0 Å². The van der Waals surface area contributed by atoms with Gasteiger partial charge in [0.15, 0.2) is 5.69 Å². The van der Waals surface area contributed by atoms with Gasteiger partial charge in [-0.25, -0.2) is 0 Å². The van der Waals surface area contributed by atoms with Crippen molar-refractivity contribution in [2.45, 2.75) is 6.92 Å². The number of rotatable bonds is 1. The van der Waals surface area contributed by atoms with Gasteiger partial charge in [0, 0.05) is 6.07 Å². The number of para-hydroxylation sites is 1. The fraction of sp³-hybridized carbons (Fsp3) is 0.0500. The van der Waals surface area contributed by atoms with Gasteiger partial charge in [-0.1, -0.05) is 48.5 Å². The first-order valence-electron chi connectivity index (χ1n) is 8.17. The maximum absolute atomic E-state index is 6.49. The van der Waals surface area contributed by atoms with Crippen molar-refractivity contribution in [2.75, 3.05) is 0 Å². The number of hydrogen-bond acceptors (Lipinski definition) is 2. The van der Waals surface area contributed by atoms with Crippen molar-refractivity contribution in [3.8, 4) is 11.5 Å². The molecule has 0 aliphatic carbocycles. The van der Waals surface area contributed by atoms with Gasteiger partial charge in [0.05, 0.1) is 11.3 Å². The van der Waals surface area contributed by atoms with E-state index in [2.05, 4.69) is 48.0 Å². The molecule has 5 rings (SSSR count). The van der Waals surface area contributed by atoms with E-state index in [4.69, 9.17) is 9.31 Å². The van der Waals surface area contributed by atoms with Crippen LogP contribution >= 0.6 is 0 Å². The number of nitrogens with zero attached hydrogens (tertiary/aromatic N) is 1. The van der Waals surface area contributed by atoms with Gasteiger partial charge in [0.2, 0.25) is 0 Å². The summed E-state index contributed by atoms with van der Waals surface area (Å²) in [6.45, 7) is 0.273. The van der Waals surface area contributed by atoms with Crippen LogP contribution in [0.4, 0.5) is 5.69 Å². The van der Waals surface area contributed by atoms with E-state index in [1.165, 1.54) is 5.56 Å². The zero-order valence-corrected chi connectivity index (χ0v) is 13.3. The Morgan fingerprint density at radius 3 is 2.42 bits per heavy atom. The van der Waals surface area contributed by atoms with Crippen molar-refractivity contribution < 1.29 is 13.8 Å². The quantitative estimate of drug-likeness (QED) is 0.642. The van der Waals surface area contributed by atoms with Crippen LogP contribution in [0.25, 0.3) is 0 Å². The van der Waals surface area contributed by atoms with Gasteiger partial charge in [-0.05, 0) is 36.1 Å². The van der Waals surface area contributed by atoms with Crippen LogP contribution in [0.1, 0.15) is 11.1 Å². The lowest BCUT2D eigenvalue weighted by Gasteiger charge is -2.35. The maximum Gasteiger partial charge on any atom is 0.685 e. The van der Waals surface area contributed by atoms with E-state index >= 15 is 0 Å². The second-order valence-electron chi connectivity index (χ2n) is 6.36. The van der Waals surface area contributed by atoms with Crippen LogP contribution in [0.15, 0.2) is 72.8 Å². The van der Waals surface area contributed by atoms with Crippen LogP contribution in [0.5, 0.6) is 11.5 Å². The summed E-state index contributed by atoms with van der Waals surface area (Å²) in [5, 5.41) is 0. The molecule has 4 heteroatoms. The summed E-state index contributed by atoms with van der Waals surface area (Å²) in [6, 6.07) is 24.5. The fourth-order valence-electron chi connectivity index (χ4n) is 3.60. The third kappa shape index (κ3) is 1.77. The van der Waals surface area contributed by atoms with E-state index in [9.17, 15) is 0 Å². The first kappa shape index (κ1) is 13.4. The Labute approximate surface area is 140 Å². The smallest absolute Gasteiger partial charge is 0.618 e. The molecular formula is C20H16BNO2. The topological polar surface area (TPSA) is 21.5 Å². The predicted molar refractivity (Wildman–Crippen MR) is 95.8 cm³/mol. The van der Waals surface area contributed by atoms with Crippen LogP contribution in [-0.2, 0) is 0 Å². The standard InChI is InChI=1S/C20H16BNO2/c1-15-11-12-20-18(13-15)22-14-16-7-5-6-10-19(16)23-21(22,24-20)17-8-3-2-4-9-17/h2-14H,1H3. The van der Waals surface area contributed by atoms with Gasteiger partial charge >= 0.3 is 6.69 Å². The van der Waals surface area contributed by atoms with E-state index in [1.54, 1.807) is 0 Å². The summed E-state index contributed by atoms with van der Waals surface area (Å²) in [6.07, 6.45) is 2.14. The summed E-state index contributed by atoms with van der Waals surface area (Å²) in [4.78, 5) is 0. The van der Waals surface area contributed by atoms with Crippen LogP contribution in [0, 0.1) is 6.92 Å². The maximum atomic E-state index is 6.49. The molecule has 0 radical (unpaired) electrons. The molecule has 0 saturated heterocycles. The third-order valence-electron chi connectivity index (χ3n) is 4.75. The van der Waals surface area contributed by atoms with Crippen LogP contribution in [-0.4, -0.2) is 17.4 Å². The summed E-state index contributed by atoms with van der Waals surface area (Å²) in [5.74, 6) is 1.70. The first-order valence-corrected chi connectivity index (χ1v) is 8.17. The van der Waals surface area contributed by atoms with Crippen LogP contribution < -0.4 is 14.8 Å². The highest BCUT2D eigenvalue weighted by atomic mass is 16.6. The van der Waals surface area contributed by atoms with E-state index in [1.807, 2.05) is 42.5 Å². The molecule has 3 aromatic carbocycles. The number of fused-ring (bicyclic) bond motifs is 4. The molecule has 1 atom stereocenters. The highest BCUT2D eigenvalue weighted by Crippen LogP contribution is 2.42. The average Bonchev–Trinajstić information content (AvgIpc) is 2.94. The minimum atomic E-state index is -1.82. The fourth-order valence-corrected chi connectivity index (χ4v) is 3.60. The largest absolute Gasteiger partial charge is 0.685 e. The molecule has 0 fully saturated rings. The Balaban J connectivity index is 1.81. The van der Waals surface area contributed by atoms with Crippen LogP contribution in [0.3, 0.4) is 0 Å². The van der Waals surface area contributed by atoms with Crippen molar-refractivity contribution >= 4 is 24.1 Å². The van der Waals surface area contributed by atoms with E-state index in [0.717, 1.165) is 28.2 Å². The molecular weight excluding hydrogens is 297 g/mol. The Kier molecular flexibility index (Phi) is 2.66. The zero-order valence-electron chi connectivity index (χ0n) is 13.3. The van der Waals surface area contributed by atoms with Crippen molar-refractivity contribution in [3.05, 3.63) is 83.9 Å². The average molecular weight is 313 g/mol. The molecule has 1 unspecified atom stereocenters. The minimum absolute atomic E-state index is 0.849. The summed E-state index contributed by atoms with van der Waals surface area (Å²) >= 11 is 0. The highest BCUT2D eigenvalue weighted by molar-refractivity contribution is 6.77. The molecule has 0 N–H and O–H groups in total. The number of hydrogen-bond donors (Lipinski definition) is 0. The van der Waals surface area contributed by atoms with E-state index in [-0.39, 0.29) is 0 Å². The van der Waals surface area contributed by atoms with E-state index in [0.29, 0.717) is 0 Å². The minimum Gasteiger partial charge on any atom is -0.618 e. The van der Waals surface area contributed by atoms with Crippen molar-refractivity contribution in [1.82, 2.24) is 0 Å². The first-order chi connectivity index (χ1) is 11.8. The Morgan fingerprint density at radius 1 is 0.792 bits per heavy atom. The molecule has 0 spiro atoms. The van der Waals surface area contributed by atoms with Gasteiger partial charge in [-0.3, -0.25) is 0 Å². The molecule has 24 heavy (non-hydrogen) atoms. The lowest BCUT2D eigenvalue weighted by atomic mass is 9.62. The normalized spacial score (nSPS) is 20.1. The predicted octanol–water partition coefficient (Wildman–Crippen LogP) is 3.39. The molecule has 2 aliphatic rings. The molecule has 0 amide bonds. The van der Waals surface area contributed by atoms with Gasteiger partial charge in [-0.15, -0.1) is 0 Å². The van der Waals surface area contributed by atoms with Gasteiger partial charge < -0.3 is 13.8 Å². The molecule has 116 valence electrons. The number of aryl methyl sites for hydroxylation is 1. The molecule has 3 aromatic rings. The molecule has 0 saturated carbocycles. The lowest BCUT2D eigenvalue weighted by Crippen LogP contribution is -2.65. The highest BCUT2D eigenvalue weighted by Gasteiger charge is 2.57. The zero-order chi connectivity index (χ0) is 16.1. The molecule has 0 aromatic heterocycles. The second-order valence-corrected chi connectivity index (χ2v) is 6.36. The molecule has 3 nitrogen and oxygen atoms in total. The Hall–Kier alpha value is -3.01. The summed E-state index contributed by atoms with van der Waals surface area (Å²) in [7, 11) is 0. The molecule has 0 bridgehead atoms. The van der Waals surface area contributed by atoms with E-state index < -0.39 is 6.69 Å². The monoisotopic (exact) mass is 313 g/mol.